The van der Waals surface area contributed by atoms with Gasteiger partial charge in [-0.15, -0.1) is 0 Å². The number of anilines is 2. The number of aliphatic hydroxyl groups excluding tert-OH is 1. The van der Waals surface area contributed by atoms with E-state index in [0.29, 0.717) is 29.9 Å². The molecule has 4 N–H and O–H groups in total. The van der Waals surface area contributed by atoms with Gasteiger partial charge in [-0.3, -0.25) is 4.79 Å². The van der Waals surface area contributed by atoms with E-state index in [4.69, 9.17) is 9.84 Å². The molecule has 8 heteroatoms. The van der Waals surface area contributed by atoms with Crippen LogP contribution in [0.15, 0.2) is 18.2 Å². The molecule has 1 aliphatic heterocycles. The van der Waals surface area contributed by atoms with Crippen LogP contribution < -0.4 is 10.6 Å². The number of rotatable bonds is 5. The number of β-amino-alcohol motifs (C(OH)–C–C–N with tert-alkyl or cyclic N) is 1. The zero-order valence-corrected chi connectivity index (χ0v) is 13.8. The third-order valence-electron chi connectivity index (χ3n) is 4.04. The third-order valence-corrected chi connectivity index (χ3v) is 4.04. The number of carbonyl (C=O) groups excluding carboxylic acids is 2. The summed E-state index contributed by atoms with van der Waals surface area (Å²) in [6, 6.07) is 4.83. The minimum atomic E-state index is -1.23. The minimum Gasteiger partial charge on any atom is -0.393 e. The minimum absolute atomic E-state index is 0.0520. The van der Waals surface area contributed by atoms with Crippen LogP contribution in [0, 0.1) is 6.92 Å². The van der Waals surface area contributed by atoms with Gasteiger partial charge in [-0.25, -0.2) is 4.79 Å². The monoisotopic (exact) mass is 337 g/mol. The highest BCUT2D eigenvalue weighted by Gasteiger charge is 2.37. The molecule has 0 saturated carbocycles. The molecule has 0 bridgehead atoms. The van der Waals surface area contributed by atoms with Crippen molar-refractivity contribution >= 4 is 23.3 Å². The Hall–Kier alpha value is -2.16. The number of hydrogen-bond donors (Lipinski definition) is 4. The number of nitrogens with one attached hydrogen (secondary N) is 2. The van der Waals surface area contributed by atoms with E-state index in [1.54, 1.807) is 25.1 Å². The Morgan fingerprint density at radius 1 is 1.33 bits per heavy atom. The number of carbonyl (C=O) groups is 2. The summed E-state index contributed by atoms with van der Waals surface area (Å²) in [5, 5.41) is 24.7. The quantitative estimate of drug-likeness (QED) is 0.627. The van der Waals surface area contributed by atoms with E-state index in [1.807, 2.05) is 0 Å². The van der Waals surface area contributed by atoms with Crippen molar-refractivity contribution in [1.82, 2.24) is 4.90 Å². The summed E-state index contributed by atoms with van der Waals surface area (Å²) >= 11 is 0. The van der Waals surface area contributed by atoms with Crippen LogP contribution in [0.25, 0.3) is 0 Å². The normalized spacial score (nSPS) is 20.1. The van der Waals surface area contributed by atoms with Gasteiger partial charge in [0, 0.05) is 25.0 Å². The molecule has 1 atom stereocenters. The summed E-state index contributed by atoms with van der Waals surface area (Å²) in [5.74, 6) is -0.281. The summed E-state index contributed by atoms with van der Waals surface area (Å²) in [5.41, 5.74) is 0.632. The van der Waals surface area contributed by atoms with Gasteiger partial charge in [-0.05, 0) is 31.0 Å². The fourth-order valence-electron chi connectivity index (χ4n) is 2.58. The SMILES string of the molecule is COCC(=O)Nc1cccc(NC(=O)N2CCC(O)(CO)C2)c1C. The number of ether oxygens (including phenoxy) is 1. The number of benzene rings is 1. The van der Waals surface area contributed by atoms with Crippen molar-refractivity contribution in [3.8, 4) is 0 Å². The molecule has 0 radical (unpaired) electrons. The van der Waals surface area contributed by atoms with Crippen LogP contribution >= 0.6 is 0 Å². The van der Waals surface area contributed by atoms with Crippen LogP contribution in [0.2, 0.25) is 0 Å². The van der Waals surface area contributed by atoms with E-state index in [2.05, 4.69) is 10.6 Å². The number of methoxy groups -OCH3 is 1. The molecule has 3 amide bonds. The molecule has 0 spiro atoms. The van der Waals surface area contributed by atoms with Crippen LogP contribution in [-0.4, -0.2) is 66.1 Å². The number of aliphatic hydroxyl groups is 2. The van der Waals surface area contributed by atoms with E-state index in [-0.39, 0.29) is 31.7 Å². The molecule has 1 heterocycles. The topological polar surface area (TPSA) is 111 Å². The van der Waals surface area contributed by atoms with Gasteiger partial charge in [0.05, 0.1) is 13.2 Å². The van der Waals surface area contributed by atoms with Crippen LogP contribution in [0.5, 0.6) is 0 Å². The molecule has 1 unspecified atom stereocenters. The van der Waals surface area contributed by atoms with Crippen molar-refractivity contribution in [1.29, 1.82) is 0 Å². The Morgan fingerprint density at radius 2 is 2.00 bits per heavy atom. The predicted molar refractivity (Wildman–Crippen MR) is 88.9 cm³/mol. The lowest BCUT2D eigenvalue weighted by atomic mass is 10.1. The number of likely N-dealkylation sites (tertiary alicyclic amines) is 1. The van der Waals surface area contributed by atoms with Crippen LogP contribution in [0.4, 0.5) is 16.2 Å². The first-order chi connectivity index (χ1) is 11.4. The Kier molecular flexibility index (Phi) is 5.76. The highest BCUT2D eigenvalue weighted by Crippen LogP contribution is 2.25. The number of nitrogens with zero attached hydrogens (tertiary/aromatic N) is 1. The van der Waals surface area contributed by atoms with Gasteiger partial charge in [0.1, 0.15) is 12.2 Å². The van der Waals surface area contributed by atoms with E-state index in [9.17, 15) is 14.7 Å². The Balaban J connectivity index is 2.05. The second kappa shape index (κ2) is 7.61. The van der Waals surface area contributed by atoms with Crippen LogP contribution in [0.3, 0.4) is 0 Å². The zero-order valence-electron chi connectivity index (χ0n) is 13.8. The number of hydrogen-bond acceptors (Lipinski definition) is 5. The fourth-order valence-corrected chi connectivity index (χ4v) is 2.58. The maximum absolute atomic E-state index is 12.3. The van der Waals surface area contributed by atoms with Gasteiger partial charge >= 0.3 is 6.03 Å². The average molecular weight is 337 g/mol. The van der Waals surface area contributed by atoms with Crippen LogP contribution in [-0.2, 0) is 9.53 Å². The van der Waals surface area contributed by atoms with Crippen molar-refractivity contribution in [2.75, 3.05) is 44.0 Å². The van der Waals surface area contributed by atoms with E-state index < -0.39 is 5.60 Å². The lowest BCUT2D eigenvalue weighted by Gasteiger charge is -2.22. The number of urea groups is 1. The Labute approximate surface area is 140 Å². The maximum Gasteiger partial charge on any atom is 0.321 e. The summed E-state index contributed by atoms with van der Waals surface area (Å²) < 4.78 is 4.78. The van der Waals surface area contributed by atoms with Crippen molar-refractivity contribution in [3.05, 3.63) is 23.8 Å². The van der Waals surface area contributed by atoms with Gasteiger partial charge in [0.15, 0.2) is 0 Å². The molecule has 1 saturated heterocycles. The van der Waals surface area contributed by atoms with Gasteiger partial charge in [0.25, 0.3) is 0 Å². The first-order valence-electron chi connectivity index (χ1n) is 7.66. The van der Waals surface area contributed by atoms with Gasteiger partial charge in [0.2, 0.25) is 5.91 Å². The smallest absolute Gasteiger partial charge is 0.321 e. The predicted octanol–water partition coefficient (Wildman–Crippen LogP) is 0.541. The molecule has 2 rings (SSSR count). The molecule has 8 nitrogen and oxygen atoms in total. The lowest BCUT2D eigenvalue weighted by molar-refractivity contribution is -0.119. The molecule has 1 aromatic rings. The third kappa shape index (κ3) is 4.22. The average Bonchev–Trinajstić information content (AvgIpc) is 2.95. The highest BCUT2D eigenvalue weighted by atomic mass is 16.5. The maximum atomic E-state index is 12.3. The van der Waals surface area contributed by atoms with Gasteiger partial charge in [-0.2, -0.15) is 0 Å². The van der Waals surface area contributed by atoms with Gasteiger partial charge < -0.3 is 30.5 Å². The van der Waals surface area contributed by atoms with Crippen LogP contribution in [0.1, 0.15) is 12.0 Å². The number of amides is 3. The van der Waals surface area contributed by atoms with Crippen molar-refractivity contribution in [2.45, 2.75) is 18.9 Å². The molecular weight excluding hydrogens is 314 g/mol. The van der Waals surface area contributed by atoms with Crippen molar-refractivity contribution < 1.29 is 24.5 Å². The highest BCUT2D eigenvalue weighted by molar-refractivity contribution is 5.95. The van der Waals surface area contributed by atoms with E-state index in [0.717, 1.165) is 0 Å². The van der Waals surface area contributed by atoms with Gasteiger partial charge in [-0.1, -0.05) is 6.07 Å². The molecule has 1 aliphatic rings. The first-order valence-corrected chi connectivity index (χ1v) is 7.66. The standard InChI is InChI=1S/C16H23N3O5/c1-11-12(17-14(21)8-24-2)4-3-5-13(11)18-15(22)19-7-6-16(23,9-19)10-20/h3-5,20,23H,6-10H2,1-2H3,(H,17,21)(H,18,22). The molecule has 0 aromatic heterocycles. The fraction of sp³-hybridized carbons (Fsp3) is 0.500. The molecule has 132 valence electrons. The Bertz CT molecular complexity index is 622. The molecule has 1 fully saturated rings. The summed E-state index contributed by atoms with van der Waals surface area (Å²) in [7, 11) is 1.44. The van der Waals surface area contributed by atoms with Crippen molar-refractivity contribution in [3.63, 3.8) is 0 Å². The second-order valence-electron chi connectivity index (χ2n) is 5.94. The molecular formula is C16H23N3O5. The van der Waals surface area contributed by atoms with E-state index in [1.165, 1.54) is 12.0 Å². The summed E-state index contributed by atoms with van der Waals surface area (Å²) in [4.78, 5) is 25.4. The van der Waals surface area contributed by atoms with Crippen molar-refractivity contribution in [2.24, 2.45) is 0 Å². The zero-order chi connectivity index (χ0) is 17.7. The largest absolute Gasteiger partial charge is 0.393 e. The summed E-state index contributed by atoms with van der Waals surface area (Å²) in [6.45, 7) is 1.80. The summed E-state index contributed by atoms with van der Waals surface area (Å²) in [6.07, 6.45) is 0.336. The lowest BCUT2D eigenvalue weighted by Crippen LogP contribution is -2.40. The molecule has 1 aromatic carbocycles. The van der Waals surface area contributed by atoms with E-state index >= 15 is 0 Å². The first kappa shape index (κ1) is 18.2. The second-order valence-corrected chi connectivity index (χ2v) is 5.94. The Morgan fingerprint density at radius 3 is 2.58 bits per heavy atom. The molecule has 24 heavy (non-hydrogen) atoms. The molecule has 0 aliphatic carbocycles.